The highest BCUT2D eigenvalue weighted by Gasteiger charge is 2.20. The third-order valence-corrected chi connectivity index (χ3v) is 5.19. The molecule has 0 atom stereocenters. The molecule has 1 aromatic rings. The summed E-state index contributed by atoms with van der Waals surface area (Å²) in [5.41, 5.74) is 0.447. The van der Waals surface area contributed by atoms with Gasteiger partial charge in [0.2, 0.25) is 16.8 Å². The van der Waals surface area contributed by atoms with Crippen molar-refractivity contribution in [3.05, 3.63) is 17.7 Å². The van der Waals surface area contributed by atoms with Gasteiger partial charge < -0.3 is 24.8 Å². The Hall–Kier alpha value is -2.34. The van der Waals surface area contributed by atoms with Crippen molar-refractivity contribution in [2.75, 3.05) is 32.7 Å². The van der Waals surface area contributed by atoms with Gasteiger partial charge in [0.05, 0.1) is 5.75 Å². The summed E-state index contributed by atoms with van der Waals surface area (Å²) >= 11 is 0. The summed E-state index contributed by atoms with van der Waals surface area (Å²) in [5, 5.41) is 6.00. The number of benzene rings is 1. The molecular formula is C16H24F2N4O5S. The maximum atomic E-state index is 12.7. The lowest BCUT2D eigenvalue weighted by Gasteiger charge is -2.15. The molecule has 0 radical (unpaired) electrons. The molecule has 9 nitrogen and oxygen atoms in total. The van der Waals surface area contributed by atoms with Crippen molar-refractivity contribution in [3.63, 3.8) is 0 Å². The van der Waals surface area contributed by atoms with E-state index in [-0.39, 0.29) is 24.8 Å². The number of hydrogen-bond donors (Lipinski definition) is 3. The number of rotatable bonds is 10. The summed E-state index contributed by atoms with van der Waals surface area (Å²) in [6.07, 6.45) is 0.545. The molecule has 2 rings (SSSR count). The lowest BCUT2D eigenvalue weighted by molar-refractivity contribution is -0.0505. The SMILES string of the molecule is CCS(=O)(=O)NCCCNC(=NC)NCc1cc2c(cc1OC(F)F)OCO2. The highest BCUT2D eigenvalue weighted by molar-refractivity contribution is 7.89. The van der Waals surface area contributed by atoms with Crippen molar-refractivity contribution in [1.82, 2.24) is 15.4 Å². The minimum Gasteiger partial charge on any atom is -0.454 e. The number of ether oxygens (including phenoxy) is 3. The lowest BCUT2D eigenvalue weighted by atomic mass is 10.1. The third kappa shape index (κ3) is 6.68. The minimum absolute atomic E-state index is 0.0174. The van der Waals surface area contributed by atoms with Crippen LogP contribution < -0.4 is 29.6 Å². The van der Waals surface area contributed by atoms with Crippen LogP contribution in [0.1, 0.15) is 18.9 Å². The van der Waals surface area contributed by atoms with Crippen LogP contribution in [0, 0.1) is 0 Å². The molecule has 1 aliphatic rings. The second-order valence-electron chi connectivity index (χ2n) is 5.70. The number of hydrogen-bond acceptors (Lipinski definition) is 6. The Labute approximate surface area is 162 Å². The molecule has 0 aliphatic carbocycles. The van der Waals surface area contributed by atoms with E-state index in [2.05, 4.69) is 25.1 Å². The van der Waals surface area contributed by atoms with Gasteiger partial charge in [-0.2, -0.15) is 8.78 Å². The van der Waals surface area contributed by atoms with Gasteiger partial charge in [0.15, 0.2) is 17.5 Å². The summed E-state index contributed by atoms with van der Waals surface area (Å²) in [4.78, 5) is 4.04. The van der Waals surface area contributed by atoms with E-state index in [4.69, 9.17) is 9.47 Å². The average molecular weight is 422 g/mol. The third-order valence-electron chi connectivity index (χ3n) is 3.79. The summed E-state index contributed by atoms with van der Waals surface area (Å²) in [5.74, 6) is 1.23. The molecule has 1 aliphatic heterocycles. The summed E-state index contributed by atoms with van der Waals surface area (Å²) in [6, 6.07) is 2.93. The summed E-state index contributed by atoms with van der Waals surface area (Å²) < 4.78 is 65.5. The molecule has 0 fully saturated rings. The van der Waals surface area contributed by atoms with Crippen LogP contribution in [0.3, 0.4) is 0 Å². The molecule has 0 saturated carbocycles. The fourth-order valence-electron chi connectivity index (χ4n) is 2.33. The Morgan fingerprint density at radius 3 is 2.61 bits per heavy atom. The van der Waals surface area contributed by atoms with Gasteiger partial charge in [-0.15, -0.1) is 0 Å². The van der Waals surface area contributed by atoms with Crippen LogP contribution in [-0.4, -0.2) is 53.7 Å². The van der Waals surface area contributed by atoms with Crippen molar-refractivity contribution in [1.29, 1.82) is 0 Å². The quantitative estimate of drug-likeness (QED) is 0.293. The second kappa shape index (κ2) is 10.3. The molecule has 0 spiro atoms. The average Bonchev–Trinajstić information content (AvgIpc) is 3.10. The van der Waals surface area contributed by atoms with Crippen LogP contribution in [0.15, 0.2) is 17.1 Å². The van der Waals surface area contributed by atoms with E-state index >= 15 is 0 Å². The molecule has 0 amide bonds. The predicted molar refractivity (Wildman–Crippen MR) is 99.5 cm³/mol. The van der Waals surface area contributed by atoms with Crippen LogP contribution in [0.4, 0.5) is 8.78 Å². The number of fused-ring (bicyclic) bond motifs is 1. The Bertz CT molecular complexity index is 789. The number of guanidine groups is 1. The first kappa shape index (κ1) is 22.0. The molecular weight excluding hydrogens is 398 g/mol. The van der Waals surface area contributed by atoms with Crippen molar-refractivity contribution in [3.8, 4) is 17.2 Å². The lowest BCUT2D eigenvalue weighted by Crippen LogP contribution is -2.38. The Kier molecular flexibility index (Phi) is 8.05. The second-order valence-corrected chi connectivity index (χ2v) is 7.79. The van der Waals surface area contributed by atoms with Gasteiger partial charge in [0, 0.05) is 38.3 Å². The van der Waals surface area contributed by atoms with Gasteiger partial charge in [0.1, 0.15) is 5.75 Å². The molecule has 28 heavy (non-hydrogen) atoms. The van der Waals surface area contributed by atoms with Crippen LogP contribution in [-0.2, 0) is 16.6 Å². The predicted octanol–water partition coefficient (Wildman–Crippen LogP) is 1.01. The topological polar surface area (TPSA) is 110 Å². The first-order valence-electron chi connectivity index (χ1n) is 8.63. The fourth-order valence-corrected chi connectivity index (χ4v) is 2.99. The van der Waals surface area contributed by atoms with E-state index in [1.165, 1.54) is 6.07 Å². The molecule has 1 heterocycles. The largest absolute Gasteiger partial charge is 0.454 e. The molecule has 12 heteroatoms. The molecule has 0 aromatic heterocycles. The van der Waals surface area contributed by atoms with Gasteiger partial charge in [-0.25, -0.2) is 13.1 Å². The number of halogens is 2. The summed E-state index contributed by atoms with van der Waals surface area (Å²) in [7, 11) is -1.65. The highest BCUT2D eigenvalue weighted by atomic mass is 32.2. The van der Waals surface area contributed by atoms with Gasteiger partial charge in [-0.05, 0) is 19.4 Å². The Morgan fingerprint density at radius 1 is 1.25 bits per heavy atom. The minimum atomic E-state index is -3.21. The highest BCUT2D eigenvalue weighted by Crippen LogP contribution is 2.38. The van der Waals surface area contributed by atoms with E-state index in [0.29, 0.717) is 42.5 Å². The Balaban J connectivity index is 1.87. The monoisotopic (exact) mass is 422 g/mol. The van der Waals surface area contributed by atoms with Crippen molar-refractivity contribution >= 4 is 16.0 Å². The molecule has 158 valence electrons. The normalized spacial score (nSPS) is 13.7. The van der Waals surface area contributed by atoms with E-state index in [9.17, 15) is 17.2 Å². The van der Waals surface area contributed by atoms with Crippen LogP contribution in [0.2, 0.25) is 0 Å². The van der Waals surface area contributed by atoms with Gasteiger partial charge in [-0.3, -0.25) is 4.99 Å². The first-order valence-corrected chi connectivity index (χ1v) is 10.3. The fraction of sp³-hybridized carbons (Fsp3) is 0.562. The first-order chi connectivity index (χ1) is 13.3. The van der Waals surface area contributed by atoms with Gasteiger partial charge in [-0.1, -0.05) is 0 Å². The molecule has 0 unspecified atom stereocenters. The molecule has 0 saturated heterocycles. The van der Waals surface area contributed by atoms with Crippen molar-refractivity contribution < 1.29 is 31.4 Å². The maximum absolute atomic E-state index is 12.7. The van der Waals surface area contributed by atoms with Crippen LogP contribution in [0.25, 0.3) is 0 Å². The Morgan fingerprint density at radius 2 is 1.96 bits per heavy atom. The zero-order valence-electron chi connectivity index (χ0n) is 15.6. The molecule has 0 bridgehead atoms. The number of nitrogens with one attached hydrogen (secondary N) is 3. The number of sulfonamides is 1. The van der Waals surface area contributed by atoms with E-state index in [1.54, 1.807) is 20.0 Å². The van der Waals surface area contributed by atoms with Gasteiger partial charge in [0.25, 0.3) is 0 Å². The van der Waals surface area contributed by atoms with Gasteiger partial charge >= 0.3 is 6.61 Å². The van der Waals surface area contributed by atoms with Crippen molar-refractivity contribution in [2.45, 2.75) is 26.5 Å². The summed E-state index contributed by atoms with van der Waals surface area (Å²) in [6.45, 7) is -0.466. The zero-order chi connectivity index (χ0) is 20.6. The van der Waals surface area contributed by atoms with E-state index in [1.807, 2.05) is 0 Å². The number of nitrogens with zero attached hydrogens (tertiary/aromatic N) is 1. The molecule has 1 aromatic carbocycles. The van der Waals surface area contributed by atoms with Crippen molar-refractivity contribution in [2.24, 2.45) is 4.99 Å². The smallest absolute Gasteiger partial charge is 0.387 e. The van der Waals surface area contributed by atoms with E-state index in [0.717, 1.165) is 0 Å². The zero-order valence-corrected chi connectivity index (χ0v) is 16.4. The molecule has 3 N–H and O–H groups in total. The van der Waals surface area contributed by atoms with Crippen LogP contribution >= 0.6 is 0 Å². The van der Waals surface area contributed by atoms with Crippen LogP contribution in [0.5, 0.6) is 17.2 Å². The number of aliphatic imine (C=N–C) groups is 1. The maximum Gasteiger partial charge on any atom is 0.387 e. The standard InChI is InChI=1S/C16H24F2N4O5S/c1-3-28(23,24)22-6-4-5-20-16(19-2)21-9-11-7-13-14(26-10-25-13)8-12(11)27-15(17)18/h7-8,15,22H,3-6,9-10H2,1-2H3,(H2,19,20,21). The van der Waals surface area contributed by atoms with E-state index < -0.39 is 16.6 Å². The number of alkyl halides is 2.